The average Bonchev–Trinajstić information content (AvgIpc) is 2.78. The third kappa shape index (κ3) is 4.84. The highest BCUT2D eigenvalue weighted by atomic mass is 79.9. The van der Waals surface area contributed by atoms with Crippen molar-refractivity contribution < 1.29 is 18.0 Å². The molecule has 3 aromatic rings. The van der Waals surface area contributed by atoms with E-state index in [1.165, 1.54) is 18.5 Å². The standard InChI is InChI=1S/C21H17BrF3N5O/c22-17-11-15(12-26-13-17)19(31)29-6-8-30(9-7-29)20-27-5-4-18(28-20)14-2-1-3-16(10-14)21(23,24)25/h1-5,10-13H,6-9H2. The first kappa shape index (κ1) is 21.2. The molecule has 0 atom stereocenters. The summed E-state index contributed by atoms with van der Waals surface area (Å²) in [6.45, 7) is 1.98. The third-order valence-electron chi connectivity index (χ3n) is 4.93. The molecule has 0 spiro atoms. The van der Waals surface area contributed by atoms with Gasteiger partial charge in [0, 0.05) is 54.8 Å². The monoisotopic (exact) mass is 491 g/mol. The highest BCUT2D eigenvalue weighted by Crippen LogP contribution is 2.32. The van der Waals surface area contributed by atoms with E-state index in [1.807, 2.05) is 4.90 Å². The van der Waals surface area contributed by atoms with E-state index < -0.39 is 11.7 Å². The van der Waals surface area contributed by atoms with E-state index >= 15 is 0 Å². The minimum Gasteiger partial charge on any atom is -0.337 e. The molecule has 0 N–H and O–H groups in total. The van der Waals surface area contributed by atoms with Gasteiger partial charge in [-0.2, -0.15) is 13.2 Å². The fraction of sp³-hybridized carbons (Fsp3) is 0.238. The Balaban J connectivity index is 1.47. The Hall–Kier alpha value is -3.01. The number of halogens is 4. The van der Waals surface area contributed by atoms with Crippen LogP contribution in [-0.2, 0) is 6.18 Å². The molecule has 10 heteroatoms. The summed E-state index contributed by atoms with van der Waals surface area (Å²) in [6, 6.07) is 8.37. The van der Waals surface area contributed by atoms with Gasteiger partial charge in [-0.05, 0) is 40.2 Å². The van der Waals surface area contributed by atoms with Crippen LogP contribution in [-0.4, -0.2) is 51.9 Å². The van der Waals surface area contributed by atoms with Crippen molar-refractivity contribution in [3.63, 3.8) is 0 Å². The highest BCUT2D eigenvalue weighted by Gasteiger charge is 2.30. The molecule has 1 aliphatic rings. The molecule has 3 heterocycles. The summed E-state index contributed by atoms with van der Waals surface area (Å²) < 4.78 is 39.8. The number of carbonyl (C=O) groups is 1. The van der Waals surface area contributed by atoms with Crippen LogP contribution in [0, 0.1) is 0 Å². The lowest BCUT2D eigenvalue weighted by Gasteiger charge is -2.34. The number of amides is 1. The number of pyridine rings is 1. The fourth-order valence-corrected chi connectivity index (χ4v) is 3.70. The normalized spacial score (nSPS) is 14.6. The number of anilines is 1. The Kier molecular flexibility index (Phi) is 5.90. The van der Waals surface area contributed by atoms with E-state index in [9.17, 15) is 18.0 Å². The summed E-state index contributed by atoms with van der Waals surface area (Å²) in [7, 11) is 0. The number of carbonyl (C=O) groups excluding carboxylic acids is 1. The molecule has 1 amide bonds. The Morgan fingerprint density at radius 3 is 2.52 bits per heavy atom. The maximum absolute atomic E-state index is 13.0. The number of hydrogen-bond donors (Lipinski definition) is 0. The predicted octanol–water partition coefficient (Wildman–Crippen LogP) is 4.28. The Bertz CT molecular complexity index is 1100. The minimum absolute atomic E-state index is 0.105. The first-order valence-electron chi connectivity index (χ1n) is 9.47. The van der Waals surface area contributed by atoms with E-state index in [2.05, 4.69) is 30.9 Å². The van der Waals surface area contributed by atoms with Crippen molar-refractivity contribution in [1.82, 2.24) is 19.9 Å². The average molecular weight is 492 g/mol. The minimum atomic E-state index is -4.42. The van der Waals surface area contributed by atoms with Crippen LogP contribution in [0.1, 0.15) is 15.9 Å². The van der Waals surface area contributed by atoms with Gasteiger partial charge < -0.3 is 9.80 Å². The van der Waals surface area contributed by atoms with Crippen LogP contribution in [0.25, 0.3) is 11.3 Å². The molecular weight excluding hydrogens is 475 g/mol. The number of rotatable bonds is 3. The Morgan fingerprint density at radius 2 is 1.81 bits per heavy atom. The van der Waals surface area contributed by atoms with E-state index in [0.29, 0.717) is 48.9 Å². The van der Waals surface area contributed by atoms with Gasteiger partial charge in [0.15, 0.2) is 0 Å². The number of aromatic nitrogens is 3. The van der Waals surface area contributed by atoms with Crippen molar-refractivity contribution in [2.75, 3.05) is 31.1 Å². The SMILES string of the molecule is O=C(c1cncc(Br)c1)N1CCN(c2nccc(-c3cccc(C(F)(F)F)c3)n2)CC1. The second-order valence-corrected chi connectivity index (χ2v) is 7.91. The smallest absolute Gasteiger partial charge is 0.337 e. The maximum Gasteiger partial charge on any atom is 0.416 e. The molecule has 160 valence electrons. The van der Waals surface area contributed by atoms with Crippen molar-refractivity contribution in [2.24, 2.45) is 0 Å². The number of piperazine rings is 1. The van der Waals surface area contributed by atoms with Gasteiger partial charge in [-0.1, -0.05) is 12.1 Å². The second kappa shape index (κ2) is 8.62. The molecule has 1 aromatic carbocycles. The summed E-state index contributed by atoms with van der Waals surface area (Å²) in [5, 5.41) is 0. The van der Waals surface area contributed by atoms with Gasteiger partial charge in [-0.25, -0.2) is 9.97 Å². The Labute approximate surface area is 184 Å². The van der Waals surface area contributed by atoms with Crippen LogP contribution in [0.4, 0.5) is 19.1 Å². The number of alkyl halides is 3. The van der Waals surface area contributed by atoms with Gasteiger partial charge in [-0.3, -0.25) is 9.78 Å². The molecule has 6 nitrogen and oxygen atoms in total. The molecule has 0 unspecified atom stereocenters. The van der Waals surface area contributed by atoms with Crippen LogP contribution in [0.15, 0.2) is 59.5 Å². The molecule has 0 radical (unpaired) electrons. The van der Waals surface area contributed by atoms with Crippen LogP contribution in [0.5, 0.6) is 0 Å². The van der Waals surface area contributed by atoms with Crippen molar-refractivity contribution in [3.05, 3.63) is 70.6 Å². The third-order valence-corrected chi connectivity index (χ3v) is 5.36. The number of hydrogen-bond acceptors (Lipinski definition) is 5. The quantitative estimate of drug-likeness (QED) is 0.547. The van der Waals surface area contributed by atoms with Crippen molar-refractivity contribution in [1.29, 1.82) is 0 Å². The molecule has 0 bridgehead atoms. The zero-order valence-corrected chi connectivity index (χ0v) is 17.8. The van der Waals surface area contributed by atoms with E-state index in [4.69, 9.17) is 0 Å². The molecule has 1 fully saturated rings. The van der Waals surface area contributed by atoms with Gasteiger partial charge in [-0.15, -0.1) is 0 Å². The zero-order chi connectivity index (χ0) is 22.0. The van der Waals surface area contributed by atoms with Gasteiger partial charge >= 0.3 is 6.18 Å². The van der Waals surface area contributed by atoms with Gasteiger partial charge in [0.2, 0.25) is 5.95 Å². The van der Waals surface area contributed by atoms with Gasteiger partial charge in [0.1, 0.15) is 0 Å². The molecule has 1 aliphatic heterocycles. The molecule has 4 rings (SSSR count). The van der Waals surface area contributed by atoms with Crippen LogP contribution in [0.3, 0.4) is 0 Å². The molecular formula is C21H17BrF3N5O. The summed E-state index contributed by atoms with van der Waals surface area (Å²) in [5.41, 5.74) is 0.564. The first-order chi connectivity index (χ1) is 14.8. The van der Waals surface area contributed by atoms with E-state index in [-0.39, 0.29) is 5.91 Å². The summed E-state index contributed by atoms with van der Waals surface area (Å²) in [4.78, 5) is 29.1. The largest absolute Gasteiger partial charge is 0.416 e. The van der Waals surface area contributed by atoms with E-state index in [0.717, 1.165) is 16.6 Å². The lowest BCUT2D eigenvalue weighted by Crippen LogP contribution is -2.49. The predicted molar refractivity (Wildman–Crippen MR) is 113 cm³/mol. The van der Waals surface area contributed by atoms with Crippen LogP contribution in [0.2, 0.25) is 0 Å². The van der Waals surface area contributed by atoms with Crippen molar-refractivity contribution in [2.45, 2.75) is 6.18 Å². The van der Waals surface area contributed by atoms with Crippen molar-refractivity contribution >= 4 is 27.8 Å². The molecule has 1 saturated heterocycles. The van der Waals surface area contributed by atoms with Crippen LogP contribution >= 0.6 is 15.9 Å². The van der Waals surface area contributed by atoms with E-state index in [1.54, 1.807) is 29.3 Å². The topological polar surface area (TPSA) is 62.2 Å². The first-order valence-corrected chi connectivity index (χ1v) is 10.3. The molecule has 0 saturated carbocycles. The molecule has 31 heavy (non-hydrogen) atoms. The number of benzene rings is 1. The number of nitrogens with zero attached hydrogens (tertiary/aromatic N) is 5. The van der Waals surface area contributed by atoms with Crippen molar-refractivity contribution in [3.8, 4) is 11.3 Å². The molecule has 0 aliphatic carbocycles. The summed E-state index contributed by atoms with van der Waals surface area (Å²) >= 11 is 3.32. The second-order valence-electron chi connectivity index (χ2n) is 6.99. The zero-order valence-electron chi connectivity index (χ0n) is 16.2. The lowest BCUT2D eigenvalue weighted by atomic mass is 10.1. The lowest BCUT2D eigenvalue weighted by molar-refractivity contribution is -0.137. The van der Waals surface area contributed by atoms with Crippen LogP contribution < -0.4 is 4.90 Å². The fourth-order valence-electron chi connectivity index (χ4n) is 3.34. The maximum atomic E-state index is 13.0. The summed E-state index contributed by atoms with van der Waals surface area (Å²) in [5.74, 6) is 0.318. The summed E-state index contributed by atoms with van der Waals surface area (Å²) in [6.07, 6.45) is 0.256. The van der Waals surface area contributed by atoms with Gasteiger partial charge in [0.05, 0.1) is 16.8 Å². The highest BCUT2D eigenvalue weighted by molar-refractivity contribution is 9.10. The Morgan fingerprint density at radius 1 is 1.03 bits per heavy atom. The van der Waals surface area contributed by atoms with Gasteiger partial charge in [0.25, 0.3) is 5.91 Å². The molecule has 2 aromatic heterocycles.